The zero-order chi connectivity index (χ0) is 24.2. The molecule has 4 aromatic rings. The van der Waals surface area contributed by atoms with E-state index in [1.807, 2.05) is 77.7 Å². The van der Waals surface area contributed by atoms with Crippen LogP contribution >= 0.6 is 0 Å². The van der Waals surface area contributed by atoms with Gasteiger partial charge in [0.1, 0.15) is 18.5 Å². The summed E-state index contributed by atoms with van der Waals surface area (Å²) in [7, 11) is 1.59. The highest BCUT2D eigenvalue weighted by Crippen LogP contribution is 2.36. The van der Waals surface area contributed by atoms with Crippen LogP contribution in [0.5, 0.6) is 11.5 Å². The average molecular weight is 469 g/mol. The Morgan fingerprint density at radius 3 is 2.43 bits per heavy atom. The molecule has 4 aromatic carbocycles. The van der Waals surface area contributed by atoms with Crippen molar-refractivity contribution in [2.75, 3.05) is 12.4 Å². The zero-order valence-corrected chi connectivity index (χ0v) is 19.3. The molecule has 5 rings (SSSR count). The Balaban J connectivity index is 1.50. The maximum Gasteiger partial charge on any atom is 0.258 e. The van der Waals surface area contributed by atoms with Crippen molar-refractivity contribution in [1.82, 2.24) is 4.90 Å². The lowest BCUT2D eigenvalue weighted by molar-refractivity contribution is 0.0666. The normalized spacial score (nSPS) is 14.7. The second-order valence-corrected chi connectivity index (χ2v) is 8.30. The summed E-state index contributed by atoms with van der Waals surface area (Å²) in [5.74, 6) is 0.328. The smallest absolute Gasteiger partial charge is 0.258 e. The number of benzene rings is 4. The number of halogens is 1. The lowest BCUT2D eigenvalue weighted by Gasteiger charge is -2.38. The summed E-state index contributed by atoms with van der Waals surface area (Å²) in [4.78, 5) is 15.4. The molecule has 1 unspecified atom stereocenters. The van der Waals surface area contributed by atoms with Crippen molar-refractivity contribution in [3.63, 3.8) is 0 Å². The summed E-state index contributed by atoms with van der Waals surface area (Å²) >= 11 is 0. The number of nitrogens with zero attached hydrogens (tertiary/aromatic N) is 1. The highest BCUT2D eigenvalue weighted by atomic mass is 19.1. The summed E-state index contributed by atoms with van der Waals surface area (Å²) in [5.41, 5.74) is 4.07. The van der Waals surface area contributed by atoms with E-state index >= 15 is 0 Å². The highest BCUT2D eigenvalue weighted by Gasteiger charge is 2.33. The fraction of sp³-hybridized carbons (Fsp3) is 0.138. The van der Waals surface area contributed by atoms with Crippen LogP contribution in [0.15, 0.2) is 97.1 Å². The number of carbonyl (C=O) groups excluding carboxylic acids is 1. The molecular formula is C29H25FN2O3. The van der Waals surface area contributed by atoms with E-state index in [0.29, 0.717) is 17.9 Å². The number of methoxy groups -OCH3 is 1. The minimum absolute atomic E-state index is 0.0480. The highest BCUT2D eigenvalue weighted by molar-refractivity contribution is 6.01. The minimum Gasteiger partial charge on any atom is -0.496 e. The van der Waals surface area contributed by atoms with Gasteiger partial charge in [0, 0.05) is 17.8 Å². The zero-order valence-electron chi connectivity index (χ0n) is 19.3. The molecule has 0 saturated heterocycles. The topological polar surface area (TPSA) is 50.8 Å². The maximum absolute atomic E-state index is 14.1. The van der Waals surface area contributed by atoms with Gasteiger partial charge in [-0.05, 0) is 47.5 Å². The van der Waals surface area contributed by atoms with Gasteiger partial charge in [0.25, 0.3) is 5.91 Å². The molecule has 0 aromatic heterocycles. The van der Waals surface area contributed by atoms with Crippen LogP contribution in [0.2, 0.25) is 0 Å². The number of anilines is 1. The van der Waals surface area contributed by atoms with Gasteiger partial charge in [-0.2, -0.15) is 0 Å². The lowest BCUT2D eigenvalue weighted by atomic mass is 10.0. The number of amides is 1. The van der Waals surface area contributed by atoms with Gasteiger partial charge < -0.3 is 19.7 Å². The van der Waals surface area contributed by atoms with Gasteiger partial charge in [-0.1, -0.05) is 60.7 Å². The molecule has 0 bridgehead atoms. The molecule has 6 heteroatoms. The van der Waals surface area contributed by atoms with Crippen molar-refractivity contribution in [1.29, 1.82) is 0 Å². The van der Waals surface area contributed by atoms with E-state index in [0.717, 1.165) is 22.4 Å². The Morgan fingerprint density at radius 2 is 1.63 bits per heavy atom. The Kier molecular flexibility index (Phi) is 6.35. The third-order valence-corrected chi connectivity index (χ3v) is 6.06. The Labute approximate surface area is 203 Å². The molecule has 1 amide bonds. The van der Waals surface area contributed by atoms with Gasteiger partial charge in [-0.15, -0.1) is 0 Å². The van der Waals surface area contributed by atoms with Gasteiger partial charge >= 0.3 is 0 Å². The number of carbonyl (C=O) groups is 1. The molecule has 35 heavy (non-hydrogen) atoms. The molecule has 0 fully saturated rings. The average Bonchev–Trinajstić information content (AvgIpc) is 2.90. The standard InChI is InChI=1S/C29H25FN2O3/c1-34-26-16-15-21(17-22(26)19-35-27-14-8-6-12-24(27)30)28-31-25-13-7-5-11-23(25)29(33)32(28)18-20-9-3-2-4-10-20/h2-17,28,31H,18-19H2,1H3. The van der Waals surface area contributed by atoms with E-state index in [1.54, 1.807) is 25.3 Å². The maximum atomic E-state index is 14.1. The Hall–Kier alpha value is -4.32. The summed E-state index contributed by atoms with van der Waals surface area (Å²) in [6.07, 6.45) is -0.407. The van der Waals surface area contributed by atoms with Crippen LogP contribution < -0.4 is 14.8 Å². The van der Waals surface area contributed by atoms with E-state index in [4.69, 9.17) is 9.47 Å². The van der Waals surface area contributed by atoms with Crippen LogP contribution in [0.3, 0.4) is 0 Å². The van der Waals surface area contributed by atoms with Gasteiger partial charge in [0.15, 0.2) is 11.6 Å². The molecule has 1 aliphatic heterocycles. The lowest BCUT2D eigenvalue weighted by Crippen LogP contribution is -2.42. The molecular weight excluding hydrogens is 443 g/mol. The van der Waals surface area contributed by atoms with Gasteiger partial charge in [0.2, 0.25) is 0 Å². The van der Waals surface area contributed by atoms with E-state index in [1.165, 1.54) is 6.07 Å². The quantitative estimate of drug-likeness (QED) is 0.352. The molecule has 0 spiro atoms. The number of fused-ring (bicyclic) bond motifs is 1. The first-order chi connectivity index (χ1) is 17.1. The van der Waals surface area contributed by atoms with E-state index in [2.05, 4.69) is 5.32 Å². The third-order valence-electron chi connectivity index (χ3n) is 6.06. The van der Waals surface area contributed by atoms with Crippen LogP contribution in [0.1, 0.15) is 33.2 Å². The number of nitrogens with one attached hydrogen (secondary N) is 1. The first kappa shape index (κ1) is 22.5. The fourth-order valence-corrected chi connectivity index (χ4v) is 4.30. The molecule has 0 radical (unpaired) electrons. The fourth-order valence-electron chi connectivity index (χ4n) is 4.30. The molecule has 0 saturated carbocycles. The number of hydrogen-bond donors (Lipinski definition) is 1. The van der Waals surface area contributed by atoms with Crippen molar-refractivity contribution in [2.24, 2.45) is 0 Å². The molecule has 1 N–H and O–H groups in total. The molecule has 0 aliphatic carbocycles. The summed E-state index contributed by atoms with van der Waals surface area (Å²) in [6, 6.07) is 29.4. The van der Waals surface area contributed by atoms with Crippen LogP contribution in [-0.2, 0) is 13.2 Å². The van der Waals surface area contributed by atoms with Gasteiger partial charge in [-0.3, -0.25) is 4.79 Å². The SMILES string of the molecule is COc1ccc(C2Nc3ccccc3C(=O)N2Cc2ccccc2)cc1COc1ccccc1F. The molecule has 1 atom stereocenters. The number of rotatable bonds is 7. The molecule has 5 nitrogen and oxygen atoms in total. The number of para-hydroxylation sites is 2. The first-order valence-electron chi connectivity index (χ1n) is 11.4. The number of hydrogen-bond acceptors (Lipinski definition) is 4. The molecule has 1 heterocycles. The van der Waals surface area contributed by atoms with Crippen molar-refractivity contribution in [3.05, 3.63) is 125 Å². The monoisotopic (exact) mass is 468 g/mol. The molecule has 176 valence electrons. The molecule has 1 aliphatic rings. The van der Waals surface area contributed by atoms with Crippen LogP contribution in [0, 0.1) is 5.82 Å². The minimum atomic E-state index is -0.423. The first-order valence-corrected chi connectivity index (χ1v) is 11.4. The predicted octanol–water partition coefficient (Wildman–Crippen LogP) is 6.18. The number of ether oxygens (including phenoxy) is 2. The third kappa shape index (κ3) is 4.68. The van der Waals surface area contributed by atoms with Crippen LogP contribution in [-0.4, -0.2) is 17.9 Å². The van der Waals surface area contributed by atoms with Gasteiger partial charge in [0.05, 0.1) is 12.7 Å². The van der Waals surface area contributed by atoms with Crippen molar-refractivity contribution < 1.29 is 18.7 Å². The Morgan fingerprint density at radius 1 is 0.886 bits per heavy atom. The summed E-state index contributed by atoms with van der Waals surface area (Å²) < 4.78 is 25.4. The van der Waals surface area contributed by atoms with Crippen LogP contribution in [0.4, 0.5) is 10.1 Å². The van der Waals surface area contributed by atoms with E-state index in [9.17, 15) is 9.18 Å². The van der Waals surface area contributed by atoms with Crippen molar-refractivity contribution in [3.8, 4) is 11.5 Å². The largest absolute Gasteiger partial charge is 0.496 e. The van der Waals surface area contributed by atoms with Crippen molar-refractivity contribution in [2.45, 2.75) is 19.3 Å². The summed E-state index contributed by atoms with van der Waals surface area (Å²) in [6.45, 7) is 0.562. The van der Waals surface area contributed by atoms with E-state index in [-0.39, 0.29) is 18.3 Å². The van der Waals surface area contributed by atoms with E-state index < -0.39 is 12.0 Å². The van der Waals surface area contributed by atoms with Gasteiger partial charge in [-0.25, -0.2) is 4.39 Å². The van der Waals surface area contributed by atoms with Crippen molar-refractivity contribution >= 4 is 11.6 Å². The predicted molar refractivity (Wildman–Crippen MR) is 133 cm³/mol. The second kappa shape index (κ2) is 9.89. The second-order valence-electron chi connectivity index (χ2n) is 8.30. The summed E-state index contributed by atoms with van der Waals surface area (Å²) in [5, 5.41) is 3.53. The van der Waals surface area contributed by atoms with Crippen LogP contribution in [0.25, 0.3) is 0 Å². The Bertz CT molecular complexity index is 1340.